The molecular weight excluding hydrogens is 356 g/mol. The highest BCUT2D eigenvalue weighted by atomic mass is 16.6. The fraction of sp³-hybridized carbons (Fsp3) is 0.0500. The van der Waals surface area contributed by atoms with Crippen LogP contribution in [0, 0.1) is 17.0 Å². The molecule has 0 spiro atoms. The van der Waals surface area contributed by atoms with Gasteiger partial charge in [-0.15, -0.1) is 0 Å². The molecule has 0 radical (unpaired) electrons. The van der Waals surface area contributed by atoms with Gasteiger partial charge >= 0.3 is 5.69 Å². The van der Waals surface area contributed by atoms with Gasteiger partial charge in [0.05, 0.1) is 16.1 Å². The number of benzene rings is 2. The van der Waals surface area contributed by atoms with Gasteiger partial charge in [-0.1, -0.05) is 30.3 Å². The average molecular weight is 372 g/mol. The van der Waals surface area contributed by atoms with E-state index < -0.39 is 4.92 Å². The first-order valence-corrected chi connectivity index (χ1v) is 8.55. The van der Waals surface area contributed by atoms with Crippen LogP contribution in [0.1, 0.15) is 5.56 Å². The second-order valence-electron chi connectivity index (χ2n) is 6.18. The van der Waals surface area contributed by atoms with E-state index in [1.165, 1.54) is 6.33 Å². The maximum atomic E-state index is 11.8. The minimum absolute atomic E-state index is 0.0910. The molecule has 2 N–H and O–H groups in total. The minimum atomic E-state index is -0.501. The van der Waals surface area contributed by atoms with Gasteiger partial charge in [0.25, 0.3) is 0 Å². The number of nitrogens with one attached hydrogen (secondary N) is 2. The smallest absolute Gasteiger partial charge is 0.334 e. The summed E-state index contributed by atoms with van der Waals surface area (Å²) in [5, 5.41) is 18.8. The summed E-state index contributed by atoms with van der Waals surface area (Å²) in [6.07, 6.45) is 2.96. The lowest BCUT2D eigenvalue weighted by Gasteiger charge is -2.11. The second kappa shape index (κ2) is 7.28. The number of aryl methyl sites for hydroxylation is 1. The van der Waals surface area contributed by atoms with Crippen molar-refractivity contribution in [3.05, 3.63) is 82.8 Å². The molecule has 0 aliphatic heterocycles. The molecule has 2 heterocycles. The van der Waals surface area contributed by atoms with E-state index in [0.29, 0.717) is 16.9 Å². The van der Waals surface area contributed by atoms with Crippen LogP contribution in [0.3, 0.4) is 0 Å². The van der Waals surface area contributed by atoms with Gasteiger partial charge in [0.1, 0.15) is 6.33 Å². The first-order valence-electron chi connectivity index (χ1n) is 8.55. The van der Waals surface area contributed by atoms with E-state index in [-0.39, 0.29) is 17.3 Å². The molecular formula is C20H16N6O2. The standard InChI is InChI=1S/C20H16N6O2/c1-13-5-2-8-15(11-13)24-19-18(26(27)28)20(23-12-22-19)25-16-9-3-6-14-7-4-10-21-17(14)16/h2-12H,1H3,(H2,22,23,24,25). The summed E-state index contributed by atoms with van der Waals surface area (Å²) in [5.41, 5.74) is 2.82. The zero-order chi connectivity index (χ0) is 19.5. The molecule has 0 atom stereocenters. The summed E-state index contributed by atoms with van der Waals surface area (Å²) in [4.78, 5) is 23.8. The van der Waals surface area contributed by atoms with Crippen LogP contribution in [0.25, 0.3) is 10.9 Å². The summed E-state index contributed by atoms with van der Waals surface area (Å²) in [6.45, 7) is 1.94. The third-order valence-corrected chi connectivity index (χ3v) is 4.17. The van der Waals surface area contributed by atoms with Crippen LogP contribution in [0.15, 0.2) is 67.1 Å². The second-order valence-corrected chi connectivity index (χ2v) is 6.18. The largest absolute Gasteiger partial charge is 0.353 e. The van der Waals surface area contributed by atoms with Crippen molar-refractivity contribution in [2.75, 3.05) is 10.6 Å². The Hall–Kier alpha value is -4.07. The van der Waals surface area contributed by atoms with E-state index in [0.717, 1.165) is 10.9 Å². The average Bonchev–Trinajstić information content (AvgIpc) is 2.68. The Balaban J connectivity index is 1.76. The lowest BCUT2D eigenvalue weighted by Crippen LogP contribution is -2.06. The number of rotatable bonds is 5. The Morgan fingerprint density at radius 2 is 1.68 bits per heavy atom. The van der Waals surface area contributed by atoms with E-state index in [4.69, 9.17) is 0 Å². The van der Waals surface area contributed by atoms with Gasteiger partial charge in [-0.25, -0.2) is 9.97 Å². The zero-order valence-corrected chi connectivity index (χ0v) is 15.0. The van der Waals surface area contributed by atoms with Crippen molar-refractivity contribution in [1.29, 1.82) is 0 Å². The topological polar surface area (TPSA) is 106 Å². The van der Waals surface area contributed by atoms with Crippen molar-refractivity contribution in [2.45, 2.75) is 6.92 Å². The van der Waals surface area contributed by atoms with Crippen molar-refractivity contribution in [1.82, 2.24) is 15.0 Å². The molecule has 0 amide bonds. The summed E-state index contributed by atoms with van der Waals surface area (Å²) >= 11 is 0. The molecule has 0 fully saturated rings. The number of para-hydroxylation sites is 1. The third kappa shape index (κ3) is 3.43. The van der Waals surface area contributed by atoms with E-state index in [2.05, 4.69) is 25.6 Å². The molecule has 0 saturated heterocycles. The van der Waals surface area contributed by atoms with Crippen LogP contribution in [-0.4, -0.2) is 19.9 Å². The van der Waals surface area contributed by atoms with Crippen molar-refractivity contribution in [2.24, 2.45) is 0 Å². The number of anilines is 4. The van der Waals surface area contributed by atoms with Gasteiger partial charge in [0.15, 0.2) is 0 Å². The summed E-state index contributed by atoms with van der Waals surface area (Å²) in [6, 6.07) is 16.8. The van der Waals surface area contributed by atoms with Gasteiger partial charge in [-0.3, -0.25) is 15.1 Å². The van der Waals surface area contributed by atoms with Gasteiger partial charge in [0, 0.05) is 17.3 Å². The highest BCUT2D eigenvalue weighted by Gasteiger charge is 2.24. The van der Waals surface area contributed by atoms with Crippen LogP contribution in [0.2, 0.25) is 0 Å². The van der Waals surface area contributed by atoms with Crippen molar-refractivity contribution < 1.29 is 4.92 Å². The summed E-state index contributed by atoms with van der Waals surface area (Å²) in [5.74, 6) is 0.203. The molecule has 28 heavy (non-hydrogen) atoms. The van der Waals surface area contributed by atoms with E-state index >= 15 is 0 Å². The van der Waals surface area contributed by atoms with E-state index in [1.807, 2.05) is 55.5 Å². The number of aromatic nitrogens is 3. The summed E-state index contributed by atoms with van der Waals surface area (Å²) < 4.78 is 0. The Morgan fingerprint density at radius 3 is 2.46 bits per heavy atom. The van der Waals surface area contributed by atoms with Crippen LogP contribution in [0.5, 0.6) is 0 Å². The SMILES string of the molecule is Cc1cccc(Nc2ncnc(Nc3cccc4cccnc34)c2[N+](=O)[O-])c1. The maximum Gasteiger partial charge on any atom is 0.353 e. The first-order chi connectivity index (χ1) is 13.6. The van der Waals surface area contributed by atoms with Crippen molar-refractivity contribution >= 4 is 39.6 Å². The van der Waals surface area contributed by atoms with Crippen LogP contribution in [0.4, 0.5) is 28.7 Å². The van der Waals surface area contributed by atoms with Crippen LogP contribution in [-0.2, 0) is 0 Å². The van der Waals surface area contributed by atoms with E-state index in [1.54, 1.807) is 12.3 Å². The van der Waals surface area contributed by atoms with Gasteiger partial charge in [-0.2, -0.15) is 0 Å². The molecule has 2 aromatic heterocycles. The first kappa shape index (κ1) is 17.3. The molecule has 4 aromatic rings. The number of pyridine rings is 1. The molecule has 0 aliphatic rings. The fourth-order valence-electron chi connectivity index (χ4n) is 2.93. The number of hydrogen-bond acceptors (Lipinski definition) is 7. The van der Waals surface area contributed by atoms with Crippen molar-refractivity contribution in [3.8, 4) is 0 Å². The summed E-state index contributed by atoms with van der Waals surface area (Å²) in [7, 11) is 0. The molecule has 0 aliphatic carbocycles. The quantitative estimate of drug-likeness (QED) is 0.385. The molecule has 8 heteroatoms. The van der Waals surface area contributed by atoms with Gasteiger partial charge in [-0.05, 0) is 36.8 Å². The number of nitrogens with zero attached hydrogens (tertiary/aromatic N) is 4. The molecule has 2 aromatic carbocycles. The van der Waals surface area contributed by atoms with Gasteiger partial charge < -0.3 is 10.6 Å². The highest BCUT2D eigenvalue weighted by Crippen LogP contribution is 2.34. The number of hydrogen-bond donors (Lipinski definition) is 2. The number of fused-ring (bicyclic) bond motifs is 1. The maximum absolute atomic E-state index is 11.8. The molecule has 0 saturated carbocycles. The third-order valence-electron chi connectivity index (χ3n) is 4.17. The lowest BCUT2D eigenvalue weighted by molar-refractivity contribution is -0.383. The normalized spacial score (nSPS) is 10.6. The van der Waals surface area contributed by atoms with E-state index in [9.17, 15) is 10.1 Å². The lowest BCUT2D eigenvalue weighted by atomic mass is 10.2. The Kier molecular flexibility index (Phi) is 4.51. The fourth-order valence-corrected chi connectivity index (χ4v) is 2.93. The Morgan fingerprint density at radius 1 is 0.929 bits per heavy atom. The van der Waals surface area contributed by atoms with Crippen molar-refractivity contribution in [3.63, 3.8) is 0 Å². The predicted molar refractivity (Wildman–Crippen MR) is 108 cm³/mol. The zero-order valence-electron chi connectivity index (χ0n) is 15.0. The Bertz CT molecular complexity index is 1170. The van der Waals surface area contributed by atoms with Gasteiger partial charge in [0.2, 0.25) is 11.6 Å². The molecule has 138 valence electrons. The minimum Gasteiger partial charge on any atom is -0.334 e. The monoisotopic (exact) mass is 372 g/mol. The van der Waals surface area contributed by atoms with Crippen LogP contribution >= 0.6 is 0 Å². The van der Waals surface area contributed by atoms with Crippen LogP contribution < -0.4 is 10.6 Å². The predicted octanol–water partition coefficient (Wildman–Crippen LogP) is 4.73. The Labute approximate surface area is 160 Å². The number of nitro groups is 1. The highest BCUT2D eigenvalue weighted by molar-refractivity contribution is 5.93. The molecule has 0 bridgehead atoms. The molecule has 0 unspecified atom stereocenters. The molecule has 8 nitrogen and oxygen atoms in total. The molecule has 4 rings (SSSR count).